The van der Waals surface area contributed by atoms with E-state index in [-0.39, 0.29) is 5.95 Å². The summed E-state index contributed by atoms with van der Waals surface area (Å²) in [7, 11) is 0. The number of imidazole rings is 1. The number of allylic oxidation sites excluding steroid dienone is 2. The van der Waals surface area contributed by atoms with Crippen molar-refractivity contribution in [3.63, 3.8) is 0 Å². The molecule has 6 heteroatoms. The van der Waals surface area contributed by atoms with Crippen molar-refractivity contribution in [3.05, 3.63) is 30.1 Å². The molecule has 18 heavy (non-hydrogen) atoms. The van der Waals surface area contributed by atoms with Gasteiger partial charge in [-0.05, 0) is 18.4 Å². The normalized spacial score (nSPS) is 14.8. The number of nitrogens with zero attached hydrogens (tertiary/aromatic N) is 3. The zero-order chi connectivity index (χ0) is 12.4. The van der Waals surface area contributed by atoms with E-state index in [1.165, 1.54) is 0 Å². The molecule has 3 N–H and O–H groups in total. The molecule has 0 aliphatic heterocycles. The number of anilines is 1. The fourth-order valence-electron chi connectivity index (χ4n) is 1.85. The van der Waals surface area contributed by atoms with Gasteiger partial charge in [-0.25, -0.2) is 4.98 Å². The number of hydrogen-bond donors (Lipinski definition) is 2. The number of H-pyrrole nitrogens is 1. The van der Waals surface area contributed by atoms with Gasteiger partial charge in [0.2, 0.25) is 11.8 Å². The van der Waals surface area contributed by atoms with Crippen molar-refractivity contribution in [3.8, 4) is 5.88 Å². The number of aromatic nitrogens is 4. The van der Waals surface area contributed by atoms with Gasteiger partial charge in [0.15, 0.2) is 5.65 Å². The SMILES string of the molecule is Nc1nc(OCC2=CCCC=C2)c2[nH]cnc2n1. The molecule has 0 unspecified atom stereocenters. The van der Waals surface area contributed by atoms with Crippen LogP contribution in [-0.2, 0) is 0 Å². The number of nitrogen functional groups attached to an aromatic ring is 1. The third-order valence-corrected chi connectivity index (χ3v) is 2.72. The van der Waals surface area contributed by atoms with E-state index in [1.807, 2.05) is 0 Å². The van der Waals surface area contributed by atoms with Gasteiger partial charge in [-0.2, -0.15) is 9.97 Å². The highest BCUT2D eigenvalue weighted by molar-refractivity contribution is 5.76. The number of fused-ring (bicyclic) bond motifs is 1. The van der Waals surface area contributed by atoms with Crippen LogP contribution in [0.4, 0.5) is 5.95 Å². The van der Waals surface area contributed by atoms with Gasteiger partial charge >= 0.3 is 0 Å². The van der Waals surface area contributed by atoms with Crippen LogP contribution in [0.15, 0.2) is 30.1 Å². The summed E-state index contributed by atoms with van der Waals surface area (Å²) in [5, 5.41) is 0. The maximum atomic E-state index is 5.68. The first-order valence-electron chi connectivity index (χ1n) is 5.78. The van der Waals surface area contributed by atoms with Crippen molar-refractivity contribution >= 4 is 17.1 Å². The second-order valence-electron chi connectivity index (χ2n) is 4.04. The average Bonchev–Trinajstić information content (AvgIpc) is 2.85. The smallest absolute Gasteiger partial charge is 0.245 e. The van der Waals surface area contributed by atoms with Crippen LogP contribution in [0.1, 0.15) is 12.8 Å². The minimum absolute atomic E-state index is 0.165. The van der Waals surface area contributed by atoms with Gasteiger partial charge in [-0.15, -0.1) is 0 Å². The Balaban J connectivity index is 1.83. The molecule has 0 aromatic carbocycles. The molecule has 1 aliphatic rings. The highest BCUT2D eigenvalue weighted by atomic mass is 16.5. The minimum atomic E-state index is 0.165. The van der Waals surface area contributed by atoms with Crippen molar-refractivity contribution in [2.75, 3.05) is 12.3 Å². The summed E-state index contributed by atoms with van der Waals surface area (Å²) >= 11 is 0. The lowest BCUT2D eigenvalue weighted by atomic mass is 10.1. The Morgan fingerprint density at radius 3 is 3.11 bits per heavy atom. The first kappa shape index (κ1) is 10.8. The number of rotatable bonds is 3. The summed E-state index contributed by atoms with van der Waals surface area (Å²) in [6.45, 7) is 0.473. The molecule has 3 rings (SSSR count). The maximum absolute atomic E-state index is 5.68. The van der Waals surface area contributed by atoms with Crippen LogP contribution in [0.25, 0.3) is 11.2 Å². The third kappa shape index (κ3) is 2.04. The zero-order valence-corrected chi connectivity index (χ0v) is 9.76. The van der Waals surface area contributed by atoms with Crippen LogP contribution in [0.3, 0.4) is 0 Å². The molecule has 0 saturated heterocycles. The van der Waals surface area contributed by atoms with Crippen LogP contribution < -0.4 is 10.5 Å². The summed E-state index contributed by atoms with van der Waals surface area (Å²) in [5.74, 6) is 0.604. The molecule has 2 aromatic rings. The Kier molecular flexibility index (Phi) is 2.68. The number of ether oxygens (including phenoxy) is 1. The molecule has 2 aromatic heterocycles. The Hall–Kier alpha value is -2.37. The van der Waals surface area contributed by atoms with E-state index < -0.39 is 0 Å². The topological polar surface area (TPSA) is 89.7 Å². The first-order valence-corrected chi connectivity index (χ1v) is 5.78. The van der Waals surface area contributed by atoms with Gasteiger partial charge in [0.1, 0.15) is 12.1 Å². The highest BCUT2D eigenvalue weighted by Gasteiger charge is 2.10. The molecule has 92 valence electrons. The van der Waals surface area contributed by atoms with Crippen molar-refractivity contribution in [1.29, 1.82) is 0 Å². The molecule has 2 heterocycles. The van der Waals surface area contributed by atoms with E-state index >= 15 is 0 Å². The maximum Gasteiger partial charge on any atom is 0.245 e. The molecule has 0 saturated carbocycles. The average molecular weight is 243 g/mol. The molecular weight excluding hydrogens is 230 g/mol. The van der Waals surface area contributed by atoms with Crippen molar-refractivity contribution in [2.24, 2.45) is 0 Å². The van der Waals surface area contributed by atoms with E-state index in [1.54, 1.807) is 6.33 Å². The van der Waals surface area contributed by atoms with Gasteiger partial charge in [0.25, 0.3) is 0 Å². The Labute approximate surface area is 104 Å². The Bertz CT molecular complexity index is 628. The fraction of sp³-hybridized carbons (Fsp3) is 0.250. The van der Waals surface area contributed by atoms with E-state index in [9.17, 15) is 0 Å². The molecule has 0 amide bonds. The minimum Gasteiger partial charge on any atom is -0.471 e. The van der Waals surface area contributed by atoms with E-state index in [4.69, 9.17) is 10.5 Å². The van der Waals surface area contributed by atoms with Gasteiger partial charge < -0.3 is 15.5 Å². The summed E-state index contributed by atoms with van der Waals surface area (Å²) in [4.78, 5) is 15.1. The van der Waals surface area contributed by atoms with Crippen LogP contribution in [0.2, 0.25) is 0 Å². The van der Waals surface area contributed by atoms with Gasteiger partial charge in [-0.1, -0.05) is 18.2 Å². The summed E-state index contributed by atoms with van der Waals surface area (Å²) < 4.78 is 5.68. The lowest BCUT2D eigenvalue weighted by molar-refractivity contribution is 0.344. The molecule has 6 nitrogen and oxygen atoms in total. The standard InChI is InChI=1S/C12H13N5O/c13-12-16-10-9(14-7-15-10)11(17-12)18-6-8-4-2-1-3-5-8/h2,4-5,7H,1,3,6H2,(H3,13,14,15,16,17). The predicted molar refractivity (Wildman–Crippen MR) is 68.0 cm³/mol. The molecule has 0 radical (unpaired) electrons. The first-order chi connectivity index (χ1) is 8.83. The molecular formula is C12H13N5O. The monoisotopic (exact) mass is 243 g/mol. The van der Waals surface area contributed by atoms with E-state index in [2.05, 4.69) is 38.2 Å². The lowest BCUT2D eigenvalue weighted by Gasteiger charge is -2.09. The van der Waals surface area contributed by atoms with E-state index in [0.717, 1.165) is 18.4 Å². The number of nitrogens with two attached hydrogens (primary N) is 1. The number of aromatic amines is 1. The Morgan fingerprint density at radius 2 is 2.28 bits per heavy atom. The predicted octanol–water partition coefficient (Wildman–Crippen LogP) is 1.59. The summed E-state index contributed by atoms with van der Waals surface area (Å²) in [6.07, 6.45) is 10.1. The number of nitrogens with one attached hydrogen (secondary N) is 1. The highest BCUT2D eigenvalue weighted by Crippen LogP contribution is 2.20. The van der Waals surface area contributed by atoms with Crippen LogP contribution in [0.5, 0.6) is 5.88 Å². The Morgan fingerprint density at radius 1 is 1.33 bits per heavy atom. The van der Waals surface area contributed by atoms with Crippen LogP contribution in [-0.4, -0.2) is 26.5 Å². The molecule has 0 spiro atoms. The number of hydrogen-bond acceptors (Lipinski definition) is 5. The van der Waals surface area contributed by atoms with Gasteiger partial charge in [0, 0.05) is 0 Å². The van der Waals surface area contributed by atoms with E-state index in [0.29, 0.717) is 23.7 Å². The lowest BCUT2D eigenvalue weighted by Crippen LogP contribution is -2.05. The second kappa shape index (κ2) is 4.48. The third-order valence-electron chi connectivity index (χ3n) is 2.72. The summed E-state index contributed by atoms with van der Waals surface area (Å²) in [5.41, 5.74) is 7.94. The van der Waals surface area contributed by atoms with Crippen LogP contribution in [0, 0.1) is 0 Å². The van der Waals surface area contributed by atoms with Crippen molar-refractivity contribution in [2.45, 2.75) is 12.8 Å². The fourth-order valence-corrected chi connectivity index (χ4v) is 1.85. The molecule has 0 fully saturated rings. The summed E-state index contributed by atoms with van der Waals surface area (Å²) in [6, 6.07) is 0. The molecule has 1 aliphatic carbocycles. The van der Waals surface area contributed by atoms with Crippen molar-refractivity contribution in [1.82, 2.24) is 19.9 Å². The molecule has 0 bridgehead atoms. The van der Waals surface area contributed by atoms with Crippen molar-refractivity contribution < 1.29 is 4.74 Å². The van der Waals surface area contributed by atoms with Crippen LogP contribution >= 0.6 is 0 Å². The van der Waals surface area contributed by atoms with Gasteiger partial charge in [-0.3, -0.25) is 0 Å². The second-order valence-corrected chi connectivity index (χ2v) is 4.04. The molecule has 0 atom stereocenters. The zero-order valence-electron chi connectivity index (χ0n) is 9.76. The quantitative estimate of drug-likeness (QED) is 0.854. The van der Waals surface area contributed by atoms with Gasteiger partial charge in [0.05, 0.1) is 6.33 Å². The largest absolute Gasteiger partial charge is 0.471 e.